The van der Waals surface area contributed by atoms with Gasteiger partial charge in [0, 0.05) is 61.1 Å². The summed E-state index contributed by atoms with van der Waals surface area (Å²) in [6.07, 6.45) is 1.14. The van der Waals surface area contributed by atoms with E-state index in [0.717, 1.165) is 26.1 Å². The Bertz CT molecular complexity index is 812. The number of rotatable bonds is 4. The Kier molecular flexibility index (Phi) is 4.06. The number of aryl methyl sites for hydroxylation is 1. The smallest absolute Gasteiger partial charge is 0.0491 e. The minimum atomic E-state index is 1.02. The molecule has 3 aromatic rings. The molecule has 0 atom stereocenters. The molecule has 0 spiro atoms. The summed E-state index contributed by atoms with van der Waals surface area (Å²) < 4.78 is 2.42. The number of hydrogen-bond donors (Lipinski definition) is 1. The van der Waals surface area contributed by atoms with Gasteiger partial charge in [-0.2, -0.15) is 0 Å². The predicted molar refractivity (Wildman–Crippen MR) is 98.1 cm³/mol. The molecule has 0 aliphatic carbocycles. The molecule has 0 saturated carbocycles. The number of nitrogens with one attached hydrogen (secondary N) is 1. The zero-order valence-electron chi connectivity index (χ0n) is 13.9. The van der Waals surface area contributed by atoms with Gasteiger partial charge in [-0.25, -0.2) is 0 Å². The zero-order valence-corrected chi connectivity index (χ0v) is 13.9. The van der Waals surface area contributed by atoms with Crippen LogP contribution in [-0.2, 0) is 13.0 Å². The van der Waals surface area contributed by atoms with Gasteiger partial charge in [0.2, 0.25) is 0 Å². The summed E-state index contributed by atoms with van der Waals surface area (Å²) in [4.78, 5) is 2.57. The molecule has 1 aliphatic rings. The SMILES string of the molecule is CCn1c2ccccc2c2cc(CCN3CCNCC3)ccc21. The van der Waals surface area contributed by atoms with Gasteiger partial charge in [-0.3, -0.25) is 0 Å². The lowest BCUT2D eigenvalue weighted by Crippen LogP contribution is -2.44. The molecule has 1 saturated heterocycles. The number of nitrogens with zero attached hydrogens (tertiary/aromatic N) is 2. The molecule has 2 aromatic carbocycles. The second-order valence-electron chi connectivity index (χ2n) is 6.45. The first-order valence-electron chi connectivity index (χ1n) is 8.80. The lowest BCUT2D eigenvalue weighted by atomic mass is 10.1. The second-order valence-corrected chi connectivity index (χ2v) is 6.45. The van der Waals surface area contributed by atoms with Crippen molar-refractivity contribution in [2.75, 3.05) is 32.7 Å². The third-order valence-corrected chi connectivity index (χ3v) is 5.08. The van der Waals surface area contributed by atoms with E-state index in [1.807, 2.05) is 0 Å². The first-order chi connectivity index (χ1) is 11.4. The monoisotopic (exact) mass is 307 g/mol. The second kappa shape index (κ2) is 6.34. The molecular weight excluding hydrogens is 282 g/mol. The van der Waals surface area contributed by atoms with Crippen LogP contribution in [-0.4, -0.2) is 42.2 Å². The lowest BCUT2D eigenvalue weighted by molar-refractivity contribution is 0.244. The van der Waals surface area contributed by atoms with E-state index >= 15 is 0 Å². The van der Waals surface area contributed by atoms with Crippen molar-refractivity contribution in [1.82, 2.24) is 14.8 Å². The van der Waals surface area contributed by atoms with Crippen LogP contribution in [0.3, 0.4) is 0 Å². The van der Waals surface area contributed by atoms with Gasteiger partial charge in [-0.05, 0) is 37.1 Å². The highest BCUT2D eigenvalue weighted by atomic mass is 15.2. The number of benzene rings is 2. The van der Waals surface area contributed by atoms with E-state index < -0.39 is 0 Å². The van der Waals surface area contributed by atoms with E-state index in [1.54, 1.807) is 0 Å². The third kappa shape index (κ3) is 2.75. The summed E-state index contributed by atoms with van der Waals surface area (Å²) in [5.74, 6) is 0. The first kappa shape index (κ1) is 14.7. The molecule has 4 rings (SSSR count). The minimum Gasteiger partial charge on any atom is -0.341 e. The van der Waals surface area contributed by atoms with Crippen LogP contribution < -0.4 is 5.32 Å². The van der Waals surface area contributed by atoms with Gasteiger partial charge in [0.25, 0.3) is 0 Å². The van der Waals surface area contributed by atoms with Crippen LogP contribution in [0.5, 0.6) is 0 Å². The van der Waals surface area contributed by atoms with Crippen LogP contribution in [0.1, 0.15) is 12.5 Å². The molecule has 3 heteroatoms. The molecule has 0 amide bonds. The molecule has 2 heterocycles. The molecule has 3 nitrogen and oxygen atoms in total. The van der Waals surface area contributed by atoms with Crippen molar-refractivity contribution >= 4 is 21.8 Å². The molecule has 1 fully saturated rings. The molecule has 0 unspecified atom stereocenters. The summed E-state index contributed by atoms with van der Waals surface area (Å²) in [6, 6.07) is 15.8. The number of para-hydroxylation sites is 1. The Balaban J connectivity index is 1.65. The van der Waals surface area contributed by atoms with Crippen LogP contribution in [0.2, 0.25) is 0 Å². The standard InChI is InChI=1S/C20H25N3/c1-2-23-19-6-4-3-5-17(19)18-15-16(7-8-20(18)23)9-12-22-13-10-21-11-14-22/h3-8,15,21H,2,9-14H2,1H3. The highest BCUT2D eigenvalue weighted by molar-refractivity contribution is 6.08. The Morgan fingerprint density at radius 3 is 2.57 bits per heavy atom. The first-order valence-corrected chi connectivity index (χ1v) is 8.80. The van der Waals surface area contributed by atoms with Gasteiger partial charge in [0.15, 0.2) is 0 Å². The van der Waals surface area contributed by atoms with Gasteiger partial charge in [0.05, 0.1) is 0 Å². The van der Waals surface area contributed by atoms with Crippen molar-refractivity contribution in [3.63, 3.8) is 0 Å². The largest absolute Gasteiger partial charge is 0.341 e. The fraction of sp³-hybridized carbons (Fsp3) is 0.400. The van der Waals surface area contributed by atoms with Crippen molar-refractivity contribution in [3.8, 4) is 0 Å². The highest BCUT2D eigenvalue weighted by Gasteiger charge is 2.11. The fourth-order valence-corrected chi connectivity index (χ4v) is 3.82. The van der Waals surface area contributed by atoms with Crippen molar-refractivity contribution in [2.45, 2.75) is 19.9 Å². The summed E-state index contributed by atoms with van der Waals surface area (Å²) in [5, 5.41) is 6.21. The molecule has 1 aromatic heterocycles. The van der Waals surface area contributed by atoms with Gasteiger partial charge in [0.1, 0.15) is 0 Å². The fourth-order valence-electron chi connectivity index (χ4n) is 3.82. The van der Waals surface area contributed by atoms with Crippen molar-refractivity contribution < 1.29 is 0 Å². The average molecular weight is 307 g/mol. The molecule has 1 N–H and O–H groups in total. The van der Waals surface area contributed by atoms with Crippen molar-refractivity contribution in [2.24, 2.45) is 0 Å². The lowest BCUT2D eigenvalue weighted by Gasteiger charge is -2.27. The Hall–Kier alpha value is -1.84. The van der Waals surface area contributed by atoms with E-state index in [-0.39, 0.29) is 0 Å². The topological polar surface area (TPSA) is 20.2 Å². The normalized spacial score (nSPS) is 16.4. The summed E-state index contributed by atoms with van der Waals surface area (Å²) in [5.41, 5.74) is 4.17. The van der Waals surface area contributed by atoms with Crippen molar-refractivity contribution in [1.29, 1.82) is 0 Å². The van der Waals surface area contributed by atoms with Gasteiger partial charge in [-0.1, -0.05) is 24.3 Å². The van der Waals surface area contributed by atoms with E-state index in [2.05, 4.69) is 64.2 Å². The number of hydrogen-bond acceptors (Lipinski definition) is 2. The van der Waals surface area contributed by atoms with Crippen LogP contribution in [0.25, 0.3) is 21.8 Å². The molecule has 1 aliphatic heterocycles. The Morgan fingerprint density at radius 1 is 0.957 bits per heavy atom. The maximum atomic E-state index is 3.42. The van der Waals surface area contributed by atoms with E-state index in [1.165, 1.54) is 47.0 Å². The van der Waals surface area contributed by atoms with E-state index in [9.17, 15) is 0 Å². The maximum absolute atomic E-state index is 3.42. The minimum absolute atomic E-state index is 1.02. The molecule has 0 bridgehead atoms. The Morgan fingerprint density at radius 2 is 1.74 bits per heavy atom. The summed E-state index contributed by atoms with van der Waals surface area (Å²) in [6.45, 7) is 9.02. The molecule has 120 valence electrons. The van der Waals surface area contributed by atoms with Gasteiger partial charge in [-0.15, -0.1) is 0 Å². The number of aromatic nitrogens is 1. The predicted octanol–water partition coefficient (Wildman–Crippen LogP) is 3.26. The number of fused-ring (bicyclic) bond motifs is 3. The molecule has 0 radical (unpaired) electrons. The summed E-state index contributed by atoms with van der Waals surface area (Å²) >= 11 is 0. The van der Waals surface area contributed by atoms with E-state index in [0.29, 0.717) is 0 Å². The van der Waals surface area contributed by atoms with Crippen LogP contribution in [0.15, 0.2) is 42.5 Å². The van der Waals surface area contributed by atoms with Crippen LogP contribution >= 0.6 is 0 Å². The molecule has 23 heavy (non-hydrogen) atoms. The van der Waals surface area contributed by atoms with Gasteiger partial charge >= 0.3 is 0 Å². The molecular formula is C20H25N3. The van der Waals surface area contributed by atoms with Crippen LogP contribution in [0.4, 0.5) is 0 Å². The zero-order chi connectivity index (χ0) is 15.6. The Labute approximate surface area is 137 Å². The quantitative estimate of drug-likeness (QED) is 0.798. The van der Waals surface area contributed by atoms with Gasteiger partial charge < -0.3 is 14.8 Å². The maximum Gasteiger partial charge on any atom is 0.0491 e. The van der Waals surface area contributed by atoms with Crippen molar-refractivity contribution in [3.05, 3.63) is 48.0 Å². The summed E-state index contributed by atoms with van der Waals surface area (Å²) in [7, 11) is 0. The van der Waals surface area contributed by atoms with E-state index in [4.69, 9.17) is 0 Å². The van der Waals surface area contributed by atoms with Crippen LogP contribution in [0, 0.1) is 0 Å². The highest BCUT2D eigenvalue weighted by Crippen LogP contribution is 2.29. The average Bonchev–Trinajstić information content (AvgIpc) is 2.94. The number of piperazine rings is 1. The third-order valence-electron chi connectivity index (χ3n) is 5.08.